The van der Waals surface area contributed by atoms with E-state index < -0.39 is 0 Å². The van der Waals surface area contributed by atoms with Gasteiger partial charge in [-0.25, -0.2) is 0 Å². The maximum Gasteiger partial charge on any atom is 0.302 e. The van der Waals surface area contributed by atoms with Gasteiger partial charge in [0.05, 0.1) is 7.11 Å². The van der Waals surface area contributed by atoms with Crippen LogP contribution in [0.5, 0.6) is 0 Å². The molecule has 0 N–H and O–H groups in total. The molecule has 0 radical (unpaired) electrons. The highest BCUT2D eigenvalue weighted by molar-refractivity contribution is 5.74. The van der Waals surface area contributed by atoms with Crippen molar-refractivity contribution in [2.45, 2.75) is 25.7 Å². The minimum atomic E-state index is 0.462. The van der Waals surface area contributed by atoms with Gasteiger partial charge in [-0.15, -0.1) is 4.99 Å². The topological polar surface area (TPSA) is 48.6 Å². The monoisotopic (exact) mass is 181 g/mol. The largest absolute Gasteiger partial charge is 0.468 e. The Hall–Kier alpha value is -1.24. The Morgan fingerprint density at radius 2 is 1.92 bits per heavy atom. The van der Waals surface area contributed by atoms with Crippen LogP contribution in [0.25, 0.3) is 0 Å². The molecule has 1 aliphatic rings. The fourth-order valence-corrected chi connectivity index (χ4v) is 1.55. The minimum absolute atomic E-state index is 0.462. The molecular weight excluding hydrogens is 166 g/mol. The van der Waals surface area contributed by atoms with Crippen molar-refractivity contribution in [1.29, 1.82) is 5.26 Å². The summed E-state index contributed by atoms with van der Waals surface area (Å²) in [5.74, 6) is 0. The van der Waals surface area contributed by atoms with Gasteiger partial charge in [0.2, 0.25) is 6.19 Å². The molecule has 13 heavy (non-hydrogen) atoms. The third-order valence-corrected chi connectivity index (χ3v) is 2.20. The Kier molecular flexibility index (Phi) is 4.10. The van der Waals surface area contributed by atoms with Gasteiger partial charge in [0.25, 0.3) is 0 Å². The van der Waals surface area contributed by atoms with E-state index in [4.69, 9.17) is 10.00 Å². The Morgan fingerprint density at radius 3 is 2.38 bits per heavy atom. The van der Waals surface area contributed by atoms with Crippen molar-refractivity contribution in [3.05, 3.63) is 0 Å². The zero-order chi connectivity index (χ0) is 9.52. The Morgan fingerprint density at radius 1 is 1.31 bits per heavy atom. The van der Waals surface area contributed by atoms with Crippen LogP contribution in [-0.2, 0) is 4.74 Å². The lowest BCUT2D eigenvalue weighted by Gasteiger charge is -2.21. The molecule has 1 fully saturated rings. The summed E-state index contributed by atoms with van der Waals surface area (Å²) >= 11 is 0. The van der Waals surface area contributed by atoms with Crippen molar-refractivity contribution in [3.63, 3.8) is 0 Å². The number of hydrogen-bond acceptors (Lipinski definition) is 3. The van der Waals surface area contributed by atoms with Gasteiger partial charge >= 0.3 is 6.02 Å². The highest BCUT2D eigenvalue weighted by atomic mass is 16.5. The molecule has 0 spiro atoms. The first kappa shape index (κ1) is 9.85. The zero-order valence-electron chi connectivity index (χ0n) is 7.99. The second-order valence-electron chi connectivity index (χ2n) is 3.10. The Labute approximate surface area is 78.8 Å². The Balaban J connectivity index is 2.56. The molecule has 0 aliphatic carbocycles. The molecule has 1 aliphatic heterocycles. The molecular formula is C9H15N3O. The standard InChI is InChI=1S/C9H15N3O/c1-13-9(11-8-10)12-6-4-2-3-5-7-12/h2-7H2,1H3. The lowest BCUT2D eigenvalue weighted by atomic mass is 10.2. The summed E-state index contributed by atoms with van der Waals surface area (Å²) in [5, 5.41) is 8.42. The lowest BCUT2D eigenvalue weighted by Crippen LogP contribution is -2.32. The highest BCUT2D eigenvalue weighted by Gasteiger charge is 2.13. The van der Waals surface area contributed by atoms with Gasteiger partial charge in [-0.2, -0.15) is 5.26 Å². The van der Waals surface area contributed by atoms with Crippen LogP contribution in [0, 0.1) is 11.5 Å². The summed E-state index contributed by atoms with van der Waals surface area (Å²) in [7, 11) is 1.56. The molecule has 72 valence electrons. The van der Waals surface area contributed by atoms with Crippen LogP contribution < -0.4 is 0 Å². The van der Waals surface area contributed by atoms with E-state index in [1.807, 2.05) is 4.90 Å². The molecule has 4 heteroatoms. The first-order chi connectivity index (χ1) is 6.38. The average molecular weight is 181 g/mol. The van der Waals surface area contributed by atoms with Gasteiger partial charge in [0, 0.05) is 13.1 Å². The summed E-state index contributed by atoms with van der Waals surface area (Å²) < 4.78 is 5.04. The third kappa shape index (κ3) is 2.94. The predicted octanol–water partition coefficient (Wildman–Crippen LogP) is 1.35. The quantitative estimate of drug-likeness (QED) is 0.322. The van der Waals surface area contributed by atoms with Crippen molar-refractivity contribution in [3.8, 4) is 6.19 Å². The number of amidine groups is 1. The second-order valence-corrected chi connectivity index (χ2v) is 3.10. The molecule has 0 aromatic carbocycles. The van der Waals surface area contributed by atoms with Crippen molar-refractivity contribution < 1.29 is 4.74 Å². The predicted molar refractivity (Wildman–Crippen MR) is 50.1 cm³/mol. The number of likely N-dealkylation sites (tertiary alicyclic amines) is 1. The number of methoxy groups -OCH3 is 1. The first-order valence-corrected chi connectivity index (χ1v) is 4.64. The number of ether oxygens (including phenoxy) is 1. The van der Waals surface area contributed by atoms with Crippen LogP contribution in [-0.4, -0.2) is 31.1 Å². The van der Waals surface area contributed by atoms with Crippen LogP contribution in [0.3, 0.4) is 0 Å². The molecule has 0 amide bonds. The maximum absolute atomic E-state index is 8.42. The van der Waals surface area contributed by atoms with Crippen LogP contribution in [0.15, 0.2) is 4.99 Å². The molecule has 0 atom stereocenters. The summed E-state index contributed by atoms with van der Waals surface area (Å²) in [5.41, 5.74) is 0. The number of hydrogen-bond donors (Lipinski definition) is 0. The molecule has 1 rings (SSSR count). The third-order valence-electron chi connectivity index (χ3n) is 2.20. The van der Waals surface area contributed by atoms with Gasteiger partial charge in [-0.05, 0) is 12.8 Å². The fourth-order valence-electron chi connectivity index (χ4n) is 1.55. The van der Waals surface area contributed by atoms with Crippen molar-refractivity contribution in [2.24, 2.45) is 4.99 Å². The molecule has 0 unspecified atom stereocenters. The van der Waals surface area contributed by atoms with Gasteiger partial charge in [-0.1, -0.05) is 12.8 Å². The zero-order valence-corrected chi connectivity index (χ0v) is 7.99. The van der Waals surface area contributed by atoms with Gasteiger partial charge in [-0.3, -0.25) is 0 Å². The Bertz CT molecular complexity index is 211. The second kappa shape index (κ2) is 5.41. The van der Waals surface area contributed by atoms with Crippen LogP contribution >= 0.6 is 0 Å². The van der Waals surface area contributed by atoms with Gasteiger partial charge < -0.3 is 9.64 Å². The van der Waals surface area contributed by atoms with Crippen molar-refractivity contribution >= 4 is 6.02 Å². The van der Waals surface area contributed by atoms with E-state index in [2.05, 4.69) is 4.99 Å². The van der Waals surface area contributed by atoms with E-state index in [1.165, 1.54) is 12.8 Å². The van der Waals surface area contributed by atoms with Crippen LogP contribution in [0.2, 0.25) is 0 Å². The molecule has 0 aromatic rings. The van der Waals surface area contributed by atoms with E-state index in [0.717, 1.165) is 25.9 Å². The number of aliphatic imine (C=N–C) groups is 1. The SMILES string of the molecule is COC(=NC#N)N1CCCCCC1. The summed E-state index contributed by atoms with van der Waals surface area (Å²) in [4.78, 5) is 5.67. The fraction of sp³-hybridized carbons (Fsp3) is 0.778. The first-order valence-electron chi connectivity index (χ1n) is 4.64. The molecule has 1 heterocycles. The van der Waals surface area contributed by atoms with Crippen molar-refractivity contribution in [2.75, 3.05) is 20.2 Å². The average Bonchev–Trinajstić information content (AvgIpc) is 2.42. The number of rotatable bonds is 0. The van der Waals surface area contributed by atoms with E-state index in [-0.39, 0.29) is 0 Å². The molecule has 4 nitrogen and oxygen atoms in total. The lowest BCUT2D eigenvalue weighted by molar-refractivity contribution is 0.287. The van der Waals surface area contributed by atoms with E-state index in [1.54, 1.807) is 13.3 Å². The molecule has 0 bridgehead atoms. The summed E-state index contributed by atoms with van der Waals surface area (Å²) in [6.45, 7) is 1.91. The molecule has 0 aromatic heterocycles. The maximum atomic E-state index is 8.42. The smallest absolute Gasteiger partial charge is 0.302 e. The highest BCUT2D eigenvalue weighted by Crippen LogP contribution is 2.10. The van der Waals surface area contributed by atoms with Gasteiger partial charge in [0.15, 0.2) is 0 Å². The summed E-state index contributed by atoms with van der Waals surface area (Å²) in [6.07, 6.45) is 6.61. The van der Waals surface area contributed by atoms with E-state index >= 15 is 0 Å². The van der Waals surface area contributed by atoms with Crippen LogP contribution in [0.4, 0.5) is 0 Å². The summed E-state index contributed by atoms with van der Waals surface area (Å²) in [6, 6.07) is 0.462. The number of nitriles is 1. The number of nitrogens with zero attached hydrogens (tertiary/aromatic N) is 3. The van der Waals surface area contributed by atoms with E-state index in [0.29, 0.717) is 6.02 Å². The van der Waals surface area contributed by atoms with Gasteiger partial charge in [0.1, 0.15) is 0 Å². The van der Waals surface area contributed by atoms with E-state index in [9.17, 15) is 0 Å². The van der Waals surface area contributed by atoms with Crippen molar-refractivity contribution in [1.82, 2.24) is 4.90 Å². The molecule has 1 saturated heterocycles. The van der Waals surface area contributed by atoms with Crippen LogP contribution in [0.1, 0.15) is 25.7 Å². The molecule has 0 saturated carbocycles. The minimum Gasteiger partial charge on any atom is -0.468 e. The normalized spacial score (nSPS) is 19.1.